The van der Waals surface area contributed by atoms with Crippen LogP contribution in [0.4, 0.5) is 0 Å². The first kappa shape index (κ1) is 29.6. The first-order chi connectivity index (χ1) is 16.1. The van der Waals surface area contributed by atoms with E-state index in [9.17, 15) is 15.0 Å². The van der Waals surface area contributed by atoms with E-state index in [1.165, 1.54) is 44.9 Å². The first-order valence-electron chi connectivity index (χ1n) is 13.6. The number of carbonyl (C=O) groups is 1. The van der Waals surface area contributed by atoms with Gasteiger partial charge in [0.25, 0.3) is 0 Å². The fraction of sp³-hybridized carbons (Fsp3) is 0.759. The molecule has 0 aliphatic rings. The molecule has 3 atom stereocenters. The van der Waals surface area contributed by atoms with Crippen molar-refractivity contribution in [3.05, 3.63) is 35.9 Å². The molecular weight excluding hydrogens is 412 g/mol. The number of benzene rings is 1. The lowest BCUT2D eigenvalue weighted by atomic mass is 9.90. The molecule has 0 heterocycles. The molecule has 4 heteroatoms. The molecule has 0 radical (unpaired) electrons. The molecule has 3 unspecified atom stereocenters. The van der Waals surface area contributed by atoms with Crippen LogP contribution < -0.4 is 0 Å². The quantitative estimate of drug-likeness (QED) is 0.172. The molecule has 1 aromatic rings. The highest BCUT2D eigenvalue weighted by Gasteiger charge is 2.30. The van der Waals surface area contributed by atoms with Crippen molar-refractivity contribution < 1.29 is 19.7 Å². The number of unbranched alkanes of at least 4 members (excludes halogenated alkanes) is 11. The summed E-state index contributed by atoms with van der Waals surface area (Å²) in [7, 11) is 0. The Morgan fingerprint density at radius 1 is 0.788 bits per heavy atom. The van der Waals surface area contributed by atoms with Gasteiger partial charge in [-0.2, -0.15) is 0 Å². The van der Waals surface area contributed by atoms with Gasteiger partial charge in [0, 0.05) is 6.42 Å². The third-order valence-corrected chi connectivity index (χ3v) is 6.59. The molecule has 0 saturated carbocycles. The number of aliphatic hydroxyl groups is 1. The van der Waals surface area contributed by atoms with Crippen molar-refractivity contribution >= 4 is 5.97 Å². The third-order valence-electron chi connectivity index (χ3n) is 6.59. The molecule has 190 valence electrons. The highest BCUT2D eigenvalue weighted by Crippen LogP contribution is 2.24. The maximum atomic E-state index is 12.1. The van der Waals surface area contributed by atoms with Gasteiger partial charge in [0.1, 0.15) is 0 Å². The number of rotatable bonds is 22. The number of hydrogen-bond donors (Lipinski definition) is 2. The molecule has 2 N–H and O–H groups in total. The van der Waals surface area contributed by atoms with Crippen LogP contribution in [0.2, 0.25) is 0 Å². The molecule has 0 aliphatic carbocycles. The summed E-state index contributed by atoms with van der Waals surface area (Å²) in [5, 5.41) is 20.6. The van der Waals surface area contributed by atoms with Crippen LogP contribution in [0, 0.1) is 5.92 Å². The smallest absolute Gasteiger partial charge is 0.309 e. The van der Waals surface area contributed by atoms with Crippen molar-refractivity contribution in [2.75, 3.05) is 0 Å². The van der Waals surface area contributed by atoms with E-state index in [-0.39, 0.29) is 0 Å². The number of ether oxygens (including phenoxy) is 1. The Bertz CT molecular complexity index is 574. The minimum Gasteiger partial charge on any atom is -0.481 e. The molecule has 0 saturated heterocycles. The van der Waals surface area contributed by atoms with E-state index in [1.807, 2.05) is 30.3 Å². The Hall–Kier alpha value is -1.39. The normalized spacial score (nSPS) is 14.2. The zero-order chi connectivity index (χ0) is 24.2. The summed E-state index contributed by atoms with van der Waals surface area (Å²) in [6, 6.07) is 9.88. The molecule has 1 rings (SSSR count). The Kier molecular flexibility index (Phi) is 18.0. The number of aliphatic carboxylic acids is 1. The van der Waals surface area contributed by atoms with Crippen molar-refractivity contribution in [2.24, 2.45) is 5.92 Å². The summed E-state index contributed by atoms with van der Waals surface area (Å²) < 4.78 is 6.13. The summed E-state index contributed by atoms with van der Waals surface area (Å²) in [6.45, 7) is 4.78. The van der Waals surface area contributed by atoms with Crippen LogP contribution >= 0.6 is 0 Å². The highest BCUT2D eigenvalue weighted by molar-refractivity contribution is 5.70. The van der Waals surface area contributed by atoms with Gasteiger partial charge >= 0.3 is 5.97 Å². The molecular formula is C29H50O4. The van der Waals surface area contributed by atoms with Crippen LogP contribution in [0.25, 0.3) is 0 Å². The van der Waals surface area contributed by atoms with Crippen LogP contribution in [0.1, 0.15) is 122 Å². The molecule has 0 aromatic heterocycles. The van der Waals surface area contributed by atoms with Gasteiger partial charge in [-0.25, -0.2) is 0 Å². The van der Waals surface area contributed by atoms with Crippen LogP contribution in [-0.2, 0) is 16.1 Å². The maximum Gasteiger partial charge on any atom is 0.309 e. The summed E-state index contributed by atoms with van der Waals surface area (Å²) >= 11 is 0. The fourth-order valence-electron chi connectivity index (χ4n) is 4.46. The van der Waals surface area contributed by atoms with Crippen molar-refractivity contribution in [2.45, 2.75) is 135 Å². The standard InChI is InChI=1S/C29H50O4/c1-3-5-7-9-10-11-12-13-17-21-26(30)23-28(33-24-25-19-15-14-16-20-25)27(29(31)32)22-18-8-6-4-2/h14-16,19-20,26-28,30H,3-13,17-18,21-24H2,1-2H3,(H,31,32). The molecule has 0 spiro atoms. The molecule has 0 aliphatic heterocycles. The van der Waals surface area contributed by atoms with Crippen molar-refractivity contribution in [3.63, 3.8) is 0 Å². The predicted molar refractivity (Wildman–Crippen MR) is 137 cm³/mol. The van der Waals surface area contributed by atoms with Gasteiger partial charge in [-0.1, -0.05) is 128 Å². The van der Waals surface area contributed by atoms with Gasteiger partial charge in [-0.15, -0.1) is 0 Å². The SMILES string of the molecule is CCCCCCCCCCCC(O)CC(OCc1ccccc1)C(CCCCCC)C(=O)O. The highest BCUT2D eigenvalue weighted by atomic mass is 16.5. The van der Waals surface area contributed by atoms with Gasteiger partial charge in [0.15, 0.2) is 0 Å². The molecule has 33 heavy (non-hydrogen) atoms. The van der Waals surface area contributed by atoms with E-state index < -0.39 is 24.1 Å². The van der Waals surface area contributed by atoms with Gasteiger partial charge in [0.05, 0.1) is 24.7 Å². The third kappa shape index (κ3) is 15.2. The second-order valence-electron chi connectivity index (χ2n) is 9.64. The summed E-state index contributed by atoms with van der Waals surface area (Å²) in [5.74, 6) is -1.37. The lowest BCUT2D eigenvalue weighted by molar-refractivity contribution is -0.150. The first-order valence-corrected chi connectivity index (χ1v) is 13.6. The summed E-state index contributed by atoms with van der Waals surface area (Å²) in [6.07, 6.45) is 16.2. The van der Waals surface area contributed by atoms with Gasteiger partial charge < -0.3 is 14.9 Å². The number of carboxylic acids is 1. The molecule has 0 amide bonds. The van der Waals surface area contributed by atoms with E-state index in [0.717, 1.165) is 50.5 Å². The zero-order valence-corrected chi connectivity index (χ0v) is 21.4. The average molecular weight is 463 g/mol. The van der Waals surface area contributed by atoms with Gasteiger partial charge in [0.2, 0.25) is 0 Å². The van der Waals surface area contributed by atoms with Crippen molar-refractivity contribution in [1.29, 1.82) is 0 Å². The maximum absolute atomic E-state index is 12.1. The average Bonchev–Trinajstić information content (AvgIpc) is 2.81. The van der Waals surface area contributed by atoms with E-state index >= 15 is 0 Å². The van der Waals surface area contributed by atoms with Crippen LogP contribution in [0.5, 0.6) is 0 Å². The molecule has 0 fully saturated rings. The van der Waals surface area contributed by atoms with Gasteiger partial charge in [-0.3, -0.25) is 4.79 Å². The summed E-state index contributed by atoms with van der Waals surface area (Å²) in [4.78, 5) is 12.1. The monoisotopic (exact) mass is 462 g/mol. The second kappa shape index (κ2) is 20.0. The largest absolute Gasteiger partial charge is 0.481 e. The fourth-order valence-corrected chi connectivity index (χ4v) is 4.46. The van der Waals surface area contributed by atoms with Crippen molar-refractivity contribution in [3.8, 4) is 0 Å². The van der Waals surface area contributed by atoms with Crippen LogP contribution in [0.15, 0.2) is 30.3 Å². The Morgan fingerprint density at radius 2 is 1.30 bits per heavy atom. The second-order valence-corrected chi connectivity index (χ2v) is 9.64. The number of aliphatic hydroxyl groups excluding tert-OH is 1. The lowest BCUT2D eigenvalue weighted by Gasteiger charge is -2.27. The minimum absolute atomic E-state index is 0.384. The van der Waals surface area contributed by atoms with Crippen LogP contribution in [0.3, 0.4) is 0 Å². The predicted octanol–water partition coefficient (Wildman–Crippen LogP) is 7.91. The number of hydrogen-bond acceptors (Lipinski definition) is 3. The lowest BCUT2D eigenvalue weighted by Crippen LogP contribution is -2.34. The molecule has 0 bridgehead atoms. The van der Waals surface area contributed by atoms with Gasteiger partial charge in [-0.05, 0) is 18.4 Å². The Balaban J connectivity index is 2.49. The van der Waals surface area contributed by atoms with Crippen molar-refractivity contribution in [1.82, 2.24) is 0 Å². The van der Waals surface area contributed by atoms with E-state index in [0.29, 0.717) is 19.4 Å². The Morgan fingerprint density at radius 3 is 1.88 bits per heavy atom. The zero-order valence-electron chi connectivity index (χ0n) is 21.4. The van der Waals surface area contributed by atoms with Crippen LogP contribution in [-0.4, -0.2) is 28.4 Å². The molecule has 4 nitrogen and oxygen atoms in total. The van der Waals surface area contributed by atoms with E-state index in [4.69, 9.17) is 4.74 Å². The Labute approximate surface area is 203 Å². The van der Waals surface area contributed by atoms with E-state index in [2.05, 4.69) is 13.8 Å². The topological polar surface area (TPSA) is 66.8 Å². The molecule has 1 aromatic carbocycles. The summed E-state index contributed by atoms with van der Waals surface area (Å²) in [5.41, 5.74) is 1.03. The van der Waals surface area contributed by atoms with E-state index in [1.54, 1.807) is 0 Å². The number of carboxylic acid groups (broad SMARTS) is 1. The minimum atomic E-state index is -0.806.